The topological polar surface area (TPSA) is 163 Å². The van der Waals surface area contributed by atoms with E-state index >= 15 is 0 Å². The number of aliphatic hydroxyl groups excluding tert-OH is 2. The summed E-state index contributed by atoms with van der Waals surface area (Å²) < 4.78 is 12.4. The van der Waals surface area contributed by atoms with Crippen LogP contribution in [-0.2, 0) is 16.1 Å². The number of aliphatic hydroxyl groups is 2. The van der Waals surface area contributed by atoms with E-state index in [0.29, 0.717) is 11.1 Å². The first-order chi connectivity index (χ1) is 13.8. The van der Waals surface area contributed by atoms with Crippen molar-refractivity contribution >= 4 is 11.5 Å². The Morgan fingerprint density at radius 3 is 2.86 bits per heavy atom. The van der Waals surface area contributed by atoms with Gasteiger partial charge in [0.1, 0.15) is 18.1 Å². The Balaban J connectivity index is 1.78. The maximum Gasteiger partial charge on any atom is 0.351 e. The first-order valence-electron chi connectivity index (χ1n) is 8.98. The highest BCUT2D eigenvalue weighted by Gasteiger charge is 2.35. The van der Waals surface area contributed by atoms with E-state index in [-0.39, 0.29) is 31.1 Å². The molecule has 11 nitrogen and oxygen atoms in total. The Kier molecular flexibility index (Phi) is 6.23. The minimum Gasteiger partial charge on any atom is -0.394 e. The Bertz CT molecular complexity index is 948. The zero-order valence-electron chi connectivity index (χ0n) is 15.7. The molecule has 2 heterocycles. The van der Waals surface area contributed by atoms with Gasteiger partial charge >= 0.3 is 5.69 Å². The van der Waals surface area contributed by atoms with Crippen LogP contribution in [-0.4, -0.2) is 43.5 Å². The molecule has 0 radical (unpaired) electrons. The van der Waals surface area contributed by atoms with Crippen LogP contribution in [0.25, 0.3) is 0 Å². The van der Waals surface area contributed by atoms with E-state index in [1.54, 1.807) is 25.1 Å². The molecule has 11 heteroatoms. The molecule has 1 fully saturated rings. The Morgan fingerprint density at radius 1 is 1.48 bits per heavy atom. The second kappa shape index (κ2) is 8.66. The lowest BCUT2D eigenvalue weighted by atomic mass is 10.1. The van der Waals surface area contributed by atoms with Gasteiger partial charge in [0.2, 0.25) is 0 Å². The van der Waals surface area contributed by atoms with Crippen LogP contribution in [0.4, 0.5) is 11.5 Å². The standard InChI is InChI=1S/C18H22N4O7/c1-10(12-4-2-3-5-13(12)22(26)27)28-9-11-7-21(18(25)20-17(11)19)16-6-14(24)15(8-23)29-16/h2-5,7,10,14-16,23-24H,6,8-9H2,1H3,(H2,19,20,25)/t10?,14-,15-,16-/m1/s1. The van der Waals surface area contributed by atoms with Gasteiger partial charge in [-0.2, -0.15) is 4.98 Å². The highest BCUT2D eigenvalue weighted by Crippen LogP contribution is 2.30. The lowest BCUT2D eigenvalue weighted by Gasteiger charge is -2.18. The molecular formula is C18H22N4O7. The molecule has 4 atom stereocenters. The van der Waals surface area contributed by atoms with E-state index in [2.05, 4.69) is 4.98 Å². The number of nitro benzene ring substituents is 1. The molecule has 1 saturated heterocycles. The Hall–Kier alpha value is -2.86. The molecule has 0 saturated carbocycles. The number of rotatable bonds is 7. The number of nitrogens with two attached hydrogens (primary N) is 1. The van der Waals surface area contributed by atoms with Crippen LogP contribution < -0.4 is 11.4 Å². The number of hydrogen-bond donors (Lipinski definition) is 3. The van der Waals surface area contributed by atoms with Gasteiger partial charge in [-0.1, -0.05) is 12.1 Å². The number of ether oxygens (including phenoxy) is 2. The van der Waals surface area contributed by atoms with Crippen molar-refractivity contribution in [2.75, 3.05) is 12.3 Å². The van der Waals surface area contributed by atoms with Crippen LogP contribution in [0.5, 0.6) is 0 Å². The highest BCUT2D eigenvalue weighted by molar-refractivity contribution is 5.41. The molecule has 4 N–H and O–H groups in total. The molecule has 156 valence electrons. The minimum absolute atomic E-state index is 0.0294. The second-order valence-corrected chi connectivity index (χ2v) is 6.73. The summed E-state index contributed by atoms with van der Waals surface area (Å²) in [5, 5.41) is 30.3. The maximum atomic E-state index is 12.2. The molecule has 1 aromatic carbocycles. The van der Waals surface area contributed by atoms with Crippen molar-refractivity contribution in [3.05, 3.63) is 62.2 Å². The van der Waals surface area contributed by atoms with Gasteiger partial charge in [-0.15, -0.1) is 0 Å². The fraction of sp³-hybridized carbons (Fsp3) is 0.444. The van der Waals surface area contributed by atoms with E-state index in [0.717, 1.165) is 0 Å². The number of nitrogens with zero attached hydrogens (tertiary/aromatic N) is 3. The number of para-hydroxylation sites is 1. The zero-order valence-corrected chi connectivity index (χ0v) is 15.7. The van der Waals surface area contributed by atoms with Crippen LogP contribution in [0.3, 0.4) is 0 Å². The molecule has 2 aromatic rings. The molecule has 0 spiro atoms. The average Bonchev–Trinajstić information content (AvgIpc) is 3.07. The van der Waals surface area contributed by atoms with Gasteiger partial charge in [0.15, 0.2) is 0 Å². The van der Waals surface area contributed by atoms with E-state index < -0.39 is 35.2 Å². The first kappa shape index (κ1) is 20.9. The van der Waals surface area contributed by atoms with E-state index in [1.165, 1.54) is 16.8 Å². The molecule has 1 aliphatic heterocycles. The normalized spacial score (nSPS) is 22.5. The third-order valence-corrected chi connectivity index (χ3v) is 4.82. The van der Waals surface area contributed by atoms with Gasteiger partial charge in [0.25, 0.3) is 5.69 Å². The molecular weight excluding hydrogens is 384 g/mol. The summed E-state index contributed by atoms with van der Waals surface area (Å²) in [5.74, 6) is -0.0294. The number of benzene rings is 1. The second-order valence-electron chi connectivity index (χ2n) is 6.73. The van der Waals surface area contributed by atoms with Crippen molar-refractivity contribution in [3.63, 3.8) is 0 Å². The summed E-state index contributed by atoms with van der Waals surface area (Å²) in [4.78, 5) is 26.7. The van der Waals surface area contributed by atoms with Gasteiger partial charge in [0.05, 0.1) is 35.9 Å². The number of nitro groups is 1. The van der Waals surface area contributed by atoms with Gasteiger partial charge in [0, 0.05) is 24.2 Å². The summed E-state index contributed by atoms with van der Waals surface area (Å²) in [5.41, 5.74) is 5.91. The van der Waals surface area contributed by atoms with Crippen molar-refractivity contribution < 1.29 is 24.6 Å². The van der Waals surface area contributed by atoms with Gasteiger partial charge in [-0.05, 0) is 13.0 Å². The van der Waals surface area contributed by atoms with Crippen molar-refractivity contribution in [2.45, 2.75) is 44.5 Å². The lowest BCUT2D eigenvalue weighted by Crippen LogP contribution is -2.29. The van der Waals surface area contributed by atoms with Crippen LogP contribution in [0, 0.1) is 10.1 Å². The maximum absolute atomic E-state index is 12.2. The van der Waals surface area contributed by atoms with Gasteiger partial charge in [-0.3, -0.25) is 14.7 Å². The summed E-state index contributed by atoms with van der Waals surface area (Å²) in [6.45, 7) is 1.24. The van der Waals surface area contributed by atoms with E-state index in [4.69, 9.17) is 15.2 Å². The predicted molar refractivity (Wildman–Crippen MR) is 101 cm³/mol. The van der Waals surface area contributed by atoms with Crippen molar-refractivity contribution in [1.29, 1.82) is 0 Å². The molecule has 0 amide bonds. The van der Waals surface area contributed by atoms with Crippen molar-refractivity contribution in [3.8, 4) is 0 Å². The van der Waals surface area contributed by atoms with Crippen LogP contribution >= 0.6 is 0 Å². The number of aromatic nitrogens is 2. The van der Waals surface area contributed by atoms with E-state index in [9.17, 15) is 25.1 Å². The SMILES string of the molecule is CC(OCc1cn([C@H]2C[C@@H](O)[C@@H](CO)O2)c(=O)nc1N)c1ccccc1[N+](=O)[O-]. The molecule has 0 aliphatic carbocycles. The Labute approximate surface area is 165 Å². The quantitative estimate of drug-likeness (QED) is 0.442. The Morgan fingerprint density at radius 2 is 2.21 bits per heavy atom. The fourth-order valence-corrected chi connectivity index (χ4v) is 3.19. The number of hydrogen-bond acceptors (Lipinski definition) is 9. The number of nitrogen functional groups attached to an aromatic ring is 1. The summed E-state index contributed by atoms with van der Waals surface area (Å²) in [6.07, 6.45) is -1.57. The van der Waals surface area contributed by atoms with Crippen molar-refractivity contribution in [2.24, 2.45) is 0 Å². The smallest absolute Gasteiger partial charge is 0.351 e. The third kappa shape index (κ3) is 4.43. The van der Waals surface area contributed by atoms with Crippen LogP contribution in [0.2, 0.25) is 0 Å². The van der Waals surface area contributed by atoms with Crippen LogP contribution in [0.1, 0.15) is 36.8 Å². The summed E-state index contributed by atoms with van der Waals surface area (Å²) in [7, 11) is 0. The van der Waals surface area contributed by atoms with Gasteiger partial charge < -0.3 is 25.4 Å². The molecule has 0 bridgehead atoms. The molecule has 3 rings (SSSR count). The largest absolute Gasteiger partial charge is 0.394 e. The lowest BCUT2D eigenvalue weighted by molar-refractivity contribution is -0.386. The molecule has 1 aliphatic rings. The third-order valence-electron chi connectivity index (χ3n) is 4.82. The zero-order chi connectivity index (χ0) is 21.1. The first-order valence-corrected chi connectivity index (χ1v) is 8.98. The fourth-order valence-electron chi connectivity index (χ4n) is 3.19. The summed E-state index contributed by atoms with van der Waals surface area (Å²) in [6, 6.07) is 6.25. The molecule has 1 unspecified atom stereocenters. The summed E-state index contributed by atoms with van der Waals surface area (Å²) >= 11 is 0. The highest BCUT2D eigenvalue weighted by atomic mass is 16.6. The minimum atomic E-state index is -0.909. The molecule has 1 aromatic heterocycles. The number of anilines is 1. The van der Waals surface area contributed by atoms with Gasteiger partial charge in [-0.25, -0.2) is 4.79 Å². The molecule has 29 heavy (non-hydrogen) atoms. The predicted octanol–water partition coefficient (Wildman–Crippen LogP) is 0.652. The van der Waals surface area contributed by atoms with Crippen molar-refractivity contribution in [1.82, 2.24) is 9.55 Å². The average molecular weight is 406 g/mol. The monoisotopic (exact) mass is 406 g/mol. The van der Waals surface area contributed by atoms with Crippen LogP contribution in [0.15, 0.2) is 35.3 Å². The van der Waals surface area contributed by atoms with E-state index in [1.807, 2.05) is 0 Å².